The highest BCUT2D eigenvalue weighted by atomic mass is 32.1. The van der Waals surface area contributed by atoms with Gasteiger partial charge in [0, 0.05) is 30.3 Å². The maximum Gasteiger partial charge on any atom is 0.309 e. The number of benzene rings is 4. The van der Waals surface area contributed by atoms with Crippen molar-refractivity contribution >= 4 is 82.7 Å². The van der Waals surface area contributed by atoms with E-state index >= 15 is 0 Å². The van der Waals surface area contributed by atoms with Crippen LogP contribution >= 0.6 is 45.3 Å². The summed E-state index contributed by atoms with van der Waals surface area (Å²) in [6.45, 7) is 16.2. The Kier molecular flexibility index (Phi) is 19.5. The van der Waals surface area contributed by atoms with Crippen LogP contribution in [-0.4, -0.2) is 26.8 Å². The van der Waals surface area contributed by atoms with Crippen LogP contribution < -0.4 is 20.7 Å². The van der Waals surface area contributed by atoms with Gasteiger partial charge in [-0.3, -0.25) is 0 Å². The molecule has 0 aliphatic carbocycles. The zero-order valence-corrected chi connectivity index (χ0v) is 42.8. The van der Waals surface area contributed by atoms with Crippen molar-refractivity contribution in [2.75, 3.05) is 0 Å². The summed E-state index contributed by atoms with van der Waals surface area (Å²) in [5.74, 6) is -0.469. The molecule has 0 spiro atoms. The van der Waals surface area contributed by atoms with Gasteiger partial charge < -0.3 is 19.1 Å². The Balaban J connectivity index is 0.000000186. The van der Waals surface area contributed by atoms with Crippen molar-refractivity contribution in [1.82, 2.24) is 0 Å². The first-order chi connectivity index (χ1) is 31.5. The van der Waals surface area contributed by atoms with E-state index in [9.17, 15) is 17.6 Å². The third kappa shape index (κ3) is 13.8. The van der Waals surface area contributed by atoms with E-state index in [-0.39, 0.29) is 45.2 Å². The van der Waals surface area contributed by atoms with Gasteiger partial charge in [-0.1, -0.05) is 142 Å². The smallest absolute Gasteiger partial charge is 0.309 e. The maximum absolute atomic E-state index is 13.4. The van der Waals surface area contributed by atoms with Crippen LogP contribution in [-0.2, 0) is 35.3 Å². The number of halogens is 4. The third-order valence-electron chi connectivity index (χ3n) is 10.4. The van der Waals surface area contributed by atoms with E-state index in [1.165, 1.54) is 72.4 Å². The van der Waals surface area contributed by atoms with Crippen molar-refractivity contribution in [2.24, 2.45) is 0 Å². The molecule has 0 aliphatic rings. The van der Waals surface area contributed by atoms with E-state index in [2.05, 4.69) is 114 Å². The van der Waals surface area contributed by atoms with Crippen molar-refractivity contribution in [2.45, 2.75) is 71.1 Å². The predicted octanol–water partition coefficient (Wildman–Crippen LogP) is 12.5. The molecule has 66 heavy (non-hydrogen) atoms. The molecule has 0 radical (unpaired) electrons. The van der Waals surface area contributed by atoms with E-state index < -0.39 is 16.6 Å². The van der Waals surface area contributed by atoms with Gasteiger partial charge in [0.2, 0.25) is 0 Å². The Morgan fingerprint density at radius 3 is 1.11 bits per heavy atom. The van der Waals surface area contributed by atoms with Gasteiger partial charge in [-0.25, -0.2) is 8.78 Å². The van der Waals surface area contributed by atoms with E-state index in [4.69, 9.17) is 19.1 Å². The Morgan fingerprint density at radius 2 is 0.818 bits per heavy atom. The summed E-state index contributed by atoms with van der Waals surface area (Å²) in [4.78, 5) is 3.15. The average Bonchev–Trinajstić information content (AvgIpc) is 4.14. The highest BCUT2D eigenvalue weighted by molar-refractivity contribution is 7.11. The van der Waals surface area contributed by atoms with Crippen molar-refractivity contribution in [3.05, 3.63) is 217 Å². The van der Waals surface area contributed by atoms with Crippen LogP contribution in [0.15, 0.2) is 168 Å². The molecule has 0 saturated heterocycles. The SMILES string of the molecule is CC(C)(C)[Si](OCc1ccc(F)s1)(c1ccccc1)c1ccccc1.OCc1cc(F)cs1.OCc1ccc(F)s1.[CH2+]C(C)(C)[Si](OCc1cc(F)cs1)(c1ccccc1)c1ccccc1. The summed E-state index contributed by atoms with van der Waals surface area (Å²) >= 11 is 4.75. The summed E-state index contributed by atoms with van der Waals surface area (Å²) < 4.78 is 64.3. The van der Waals surface area contributed by atoms with Crippen molar-refractivity contribution < 1.29 is 36.6 Å². The topological polar surface area (TPSA) is 58.9 Å². The van der Waals surface area contributed by atoms with E-state index in [1.54, 1.807) is 12.1 Å². The van der Waals surface area contributed by atoms with Crippen LogP contribution in [0.2, 0.25) is 10.1 Å². The molecular weight excluding hydrogens is 949 g/mol. The van der Waals surface area contributed by atoms with Crippen molar-refractivity contribution in [3.63, 3.8) is 0 Å². The van der Waals surface area contributed by atoms with Crippen LogP contribution in [0.5, 0.6) is 0 Å². The Bertz CT molecular complexity index is 2350. The van der Waals surface area contributed by atoms with Crippen LogP contribution in [0.25, 0.3) is 0 Å². The molecule has 4 aromatic carbocycles. The summed E-state index contributed by atoms with van der Waals surface area (Å²) in [6.07, 6.45) is 0. The molecule has 14 heteroatoms. The average molecular weight is 1000 g/mol. The normalized spacial score (nSPS) is 11.7. The maximum atomic E-state index is 13.4. The minimum absolute atomic E-state index is 0.0609. The van der Waals surface area contributed by atoms with Gasteiger partial charge in [-0.05, 0) is 76.0 Å². The lowest BCUT2D eigenvalue weighted by Gasteiger charge is -2.43. The molecule has 0 amide bonds. The number of aliphatic hydroxyl groups is 2. The molecule has 0 aliphatic heterocycles. The standard InChI is InChI=1S/C21H22FOSSi.C21H23FOSSi.2C5H5FOS/c1-21(2,3)25(19-10-6-4-7-11-19,20-12-8-5-9-13-20)23-15-18-14-17(22)16-24-18;1-21(2,3)25(18-10-6-4-7-11-18,19-12-8-5-9-13-19)23-16-17-14-15-20(22)24-17;6-4-1-5(2-7)8-3-4;6-5-2-1-4(3-7)8-5/h4-14,16H,1,15H2,2-3H3;4-15H,16H2,1-3H3;1,3,7H,2H2;1-2,7H,3H2/q+1;;;. The first-order valence-corrected chi connectivity index (χ1v) is 28.2. The van der Waals surface area contributed by atoms with Crippen LogP contribution in [0.1, 0.15) is 54.1 Å². The number of rotatable bonds is 13. The fourth-order valence-electron chi connectivity index (χ4n) is 7.51. The number of hydrogen-bond donors (Lipinski definition) is 2. The van der Waals surface area contributed by atoms with Gasteiger partial charge in [-0.15, -0.1) is 45.3 Å². The number of aliphatic hydroxyl groups excluding tert-OH is 2. The minimum Gasteiger partial charge on any atom is -0.402 e. The lowest BCUT2D eigenvalue weighted by Crippen LogP contribution is -2.66. The molecular formula is C52H55F4O4S4Si2+. The first kappa shape index (κ1) is 52.5. The lowest BCUT2D eigenvalue weighted by molar-refractivity contribution is 0.285. The Morgan fingerprint density at radius 1 is 0.470 bits per heavy atom. The highest BCUT2D eigenvalue weighted by Gasteiger charge is 2.55. The van der Waals surface area contributed by atoms with E-state index in [0.717, 1.165) is 32.4 Å². The Labute approximate surface area is 404 Å². The summed E-state index contributed by atoms with van der Waals surface area (Å²) in [7, 11) is -5.19. The van der Waals surface area contributed by atoms with E-state index in [0.29, 0.717) is 23.0 Å². The zero-order valence-electron chi connectivity index (χ0n) is 37.6. The van der Waals surface area contributed by atoms with Crippen molar-refractivity contribution in [1.29, 1.82) is 0 Å². The van der Waals surface area contributed by atoms with Gasteiger partial charge in [0.05, 0.1) is 33.4 Å². The molecule has 0 atom stereocenters. The molecule has 8 rings (SSSR count). The monoisotopic (exact) mass is 1000 g/mol. The van der Waals surface area contributed by atoms with Crippen LogP contribution in [0, 0.1) is 28.8 Å². The summed E-state index contributed by atoms with van der Waals surface area (Å²) in [5.41, 5.74) is 0. The largest absolute Gasteiger partial charge is 0.402 e. The molecule has 346 valence electrons. The molecule has 2 N–H and O–H groups in total. The minimum atomic E-state index is -2.65. The summed E-state index contributed by atoms with van der Waals surface area (Å²) in [6, 6.07) is 50.8. The molecule has 0 saturated carbocycles. The second-order valence-electron chi connectivity index (χ2n) is 16.7. The summed E-state index contributed by atoms with van der Waals surface area (Å²) in [5, 5.41) is 23.7. The Hall–Kier alpha value is -4.46. The number of thiophene rings is 4. The third-order valence-corrected chi connectivity index (χ3v) is 23.6. The van der Waals surface area contributed by atoms with Gasteiger partial charge in [0.25, 0.3) is 8.32 Å². The molecule has 4 aromatic heterocycles. The molecule has 0 unspecified atom stereocenters. The number of hydrogen-bond acceptors (Lipinski definition) is 8. The fourth-order valence-corrected chi connectivity index (χ4v) is 19.0. The van der Waals surface area contributed by atoms with E-state index in [1.807, 2.05) is 54.6 Å². The molecule has 4 nitrogen and oxygen atoms in total. The fraction of sp³-hybridized carbons (Fsp3) is 0.212. The second-order valence-corrected chi connectivity index (χ2v) is 29.4. The van der Waals surface area contributed by atoms with Crippen LogP contribution in [0.4, 0.5) is 17.6 Å². The zero-order chi connectivity index (χ0) is 47.8. The molecule has 4 heterocycles. The molecule has 0 bridgehead atoms. The van der Waals surface area contributed by atoms with Gasteiger partial charge in [-0.2, -0.15) is 8.78 Å². The highest BCUT2D eigenvalue weighted by Crippen LogP contribution is 2.39. The molecule has 0 fully saturated rings. The van der Waals surface area contributed by atoms with Gasteiger partial charge in [0.15, 0.2) is 10.3 Å². The van der Waals surface area contributed by atoms with Crippen LogP contribution in [0.3, 0.4) is 0 Å². The van der Waals surface area contributed by atoms with Gasteiger partial charge in [0.1, 0.15) is 16.7 Å². The lowest BCUT2D eigenvalue weighted by atomic mass is 10.2. The first-order valence-electron chi connectivity index (χ1n) is 21.0. The molecule has 8 aromatic rings. The van der Waals surface area contributed by atoms with Gasteiger partial charge >= 0.3 is 8.32 Å². The predicted molar refractivity (Wildman–Crippen MR) is 273 cm³/mol. The van der Waals surface area contributed by atoms with Crippen molar-refractivity contribution in [3.8, 4) is 0 Å². The second kappa shape index (κ2) is 24.5. The quantitative estimate of drug-likeness (QED) is 0.0686.